The third kappa shape index (κ3) is 2.43. The molecule has 0 radical (unpaired) electrons. The van der Waals surface area contributed by atoms with Crippen LogP contribution in [0.4, 0.5) is 0 Å². The van der Waals surface area contributed by atoms with Crippen LogP contribution in [0.1, 0.15) is 19.8 Å². The number of rotatable bonds is 4. The van der Waals surface area contributed by atoms with Crippen LogP contribution in [-0.2, 0) is 4.74 Å². The predicted octanol–water partition coefficient (Wildman–Crippen LogP) is 1.89. The lowest BCUT2D eigenvalue weighted by Gasteiger charge is -2.06. The lowest BCUT2D eigenvalue weighted by Crippen LogP contribution is -2.10. The first-order chi connectivity index (χ1) is 5.86. The van der Waals surface area contributed by atoms with Crippen molar-refractivity contribution in [3.63, 3.8) is 0 Å². The molecule has 0 N–H and O–H groups in total. The normalized spacial score (nSPS) is 17.6. The molecule has 0 fully saturated rings. The summed E-state index contributed by atoms with van der Waals surface area (Å²) in [6.07, 6.45) is 1.47. The standard InChI is InChI=1S/C7H12N4O/c1-2-6(10-11-8)5-7-9-3-4-12-7/h6H,2-5H2,1H3. The summed E-state index contributed by atoms with van der Waals surface area (Å²) in [5, 5.41) is 3.63. The number of aliphatic imine (C=N–C) groups is 1. The molecular weight excluding hydrogens is 156 g/mol. The summed E-state index contributed by atoms with van der Waals surface area (Å²) in [5.74, 6) is 0.731. The van der Waals surface area contributed by atoms with Gasteiger partial charge in [0, 0.05) is 17.4 Å². The van der Waals surface area contributed by atoms with E-state index in [2.05, 4.69) is 15.0 Å². The van der Waals surface area contributed by atoms with Gasteiger partial charge in [-0.1, -0.05) is 12.0 Å². The van der Waals surface area contributed by atoms with Gasteiger partial charge in [-0.25, -0.2) is 0 Å². The van der Waals surface area contributed by atoms with Crippen LogP contribution in [0, 0.1) is 0 Å². The highest BCUT2D eigenvalue weighted by molar-refractivity contribution is 5.77. The maximum atomic E-state index is 8.22. The van der Waals surface area contributed by atoms with Gasteiger partial charge in [-0.3, -0.25) is 4.99 Å². The smallest absolute Gasteiger partial charge is 0.183 e. The average Bonchev–Trinajstić information content (AvgIpc) is 2.56. The van der Waals surface area contributed by atoms with E-state index in [-0.39, 0.29) is 6.04 Å². The number of azide groups is 1. The minimum Gasteiger partial charge on any atom is -0.479 e. The Morgan fingerprint density at radius 2 is 2.67 bits per heavy atom. The third-order valence-corrected chi connectivity index (χ3v) is 1.74. The van der Waals surface area contributed by atoms with Gasteiger partial charge in [0.1, 0.15) is 6.61 Å². The zero-order valence-corrected chi connectivity index (χ0v) is 7.10. The van der Waals surface area contributed by atoms with E-state index in [9.17, 15) is 0 Å². The van der Waals surface area contributed by atoms with E-state index in [1.807, 2.05) is 6.92 Å². The topological polar surface area (TPSA) is 70.4 Å². The van der Waals surface area contributed by atoms with E-state index in [0.29, 0.717) is 13.0 Å². The minimum atomic E-state index is -0.00755. The molecule has 0 aromatic heterocycles. The average molecular weight is 168 g/mol. The van der Waals surface area contributed by atoms with Crippen molar-refractivity contribution in [2.45, 2.75) is 25.8 Å². The highest BCUT2D eigenvalue weighted by Crippen LogP contribution is 2.08. The van der Waals surface area contributed by atoms with Gasteiger partial charge in [0.05, 0.1) is 6.54 Å². The fourth-order valence-electron chi connectivity index (χ4n) is 1.04. The Hall–Kier alpha value is -1.22. The van der Waals surface area contributed by atoms with Crippen LogP contribution in [-0.4, -0.2) is 25.1 Å². The Kier molecular flexibility index (Phi) is 3.41. The molecule has 1 unspecified atom stereocenters. The number of ether oxygens (including phenoxy) is 1. The molecule has 1 atom stereocenters. The first kappa shape index (κ1) is 8.87. The largest absolute Gasteiger partial charge is 0.479 e. The summed E-state index contributed by atoms with van der Waals surface area (Å²) >= 11 is 0. The second kappa shape index (κ2) is 4.62. The van der Waals surface area contributed by atoms with Gasteiger partial charge in [-0.05, 0) is 12.0 Å². The fraction of sp³-hybridized carbons (Fsp3) is 0.857. The van der Waals surface area contributed by atoms with Crippen molar-refractivity contribution < 1.29 is 4.74 Å². The molecule has 0 bridgehead atoms. The van der Waals surface area contributed by atoms with Crippen molar-refractivity contribution in [3.05, 3.63) is 10.4 Å². The Morgan fingerprint density at radius 1 is 1.83 bits per heavy atom. The molecular formula is C7H12N4O. The van der Waals surface area contributed by atoms with Gasteiger partial charge in [0.2, 0.25) is 0 Å². The first-order valence-corrected chi connectivity index (χ1v) is 4.07. The van der Waals surface area contributed by atoms with Crippen molar-refractivity contribution in [2.75, 3.05) is 13.2 Å². The van der Waals surface area contributed by atoms with Crippen LogP contribution in [0.15, 0.2) is 10.1 Å². The summed E-state index contributed by atoms with van der Waals surface area (Å²) in [6.45, 7) is 3.39. The van der Waals surface area contributed by atoms with Gasteiger partial charge in [-0.15, -0.1) is 0 Å². The molecule has 1 rings (SSSR count). The molecule has 12 heavy (non-hydrogen) atoms. The maximum absolute atomic E-state index is 8.22. The van der Waals surface area contributed by atoms with Crippen LogP contribution in [0.3, 0.4) is 0 Å². The van der Waals surface area contributed by atoms with Gasteiger partial charge in [-0.2, -0.15) is 0 Å². The summed E-state index contributed by atoms with van der Waals surface area (Å²) in [5.41, 5.74) is 8.22. The van der Waals surface area contributed by atoms with E-state index < -0.39 is 0 Å². The number of hydrogen-bond donors (Lipinski definition) is 0. The molecule has 0 aromatic rings. The highest BCUT2D eigenvalue weighted by Gasteiger charge is 2.12. The number of nitrogens with zero attached hydrogens (tertiary/aromatic N) is 4. The van der Waals surface area contributed by atoms with E-state index >= 15 is 0 Å². The second-order valence-electron chi connectivity index (χ2n) is 2.60. The summed E-state index contributed by atoms with van der Waals surface area (Å²) in [6, 6.07) is -0.00755. The van der Waals surface area contributed by atoms with E-state index in [4.69, 9.17) is 10.3 Å². The minimum absolute atomic E-state index is 0.00755. The Morgan fingerprint density at radius 3 is 3.17 bits per heavy atom. The summed E-state index contributed by atoms with van der Waals surface area (Å²) < 4.78 is 5.20. The van der Waals surface area contributed by atoms with Gasteiger partial charge >= 0.3 is 0 Å². The van der Waals surface area contributed by atoms with Crippen LogP contribution >= 0.6 is 0 Å². The fourth-order valence-corrected chi connectivity index (χ4v) is 1.04. The Balaban J connectivity index is 2.40. The molecule has 1 aliphatic rings. The van der Waals surface area contributed by atoms with Crippen LogP contribution < -0.4 is 0 Å². The molecule has 0 aliphatic carbocycles. The van der Waals surface area contributed by atoms with Crippen molar-refractivity contribution in [3.8, 4) is 0 Å². The van der Waals surface area contributed by atoms with Crippen molar-refractivity contribution >= 4 is 5.90 Å². The third-order valence-electron chi connectivity index (χ3n) is 1.74. The van der Waals surface area contributed by atoms with Crippen LogP contribution in [0.2, 0.25) is 0 Å². The van der Waals surface area contributed by atoms with Crippen LogP contribution in [0.25, 0.3) is 10.4 Å². The molecule has 1 heterocycles. The van der Waals surface area contributed by atoms with E-state index in [1.165, 1.54) is 0 Å². The quantitative estimate of drug-likeness (QED) is 0.359. The molecule has 5 heteroatoms. The lowest BCUT2D eigenvalue weighted by atomic mass is 10.2. The molecule has 1 aliphatic heterocycles. The molecule has 0 amide bonds. The van der Waals surface area contributed by atoms with Gasteiger partial charge in [0.25, 0.3) is 0 Å². The van der Waals surface area contributed by atoms with E-state index in [1.54, 1.807) is 0 Å². The van der Waals surface area contributed by atoms with Crippen molar-refractivity contribution in [1.29, 1.82) is 0 Å². The Bertz CT molecular complexity index is 219. The zero-order valence-electron chi connectivity index (χ0n) is 7.10. The molecule has 0 spiro atoms. The van der Waals surface area contributed by atoms with E-state index in [0.717, 1.165) is 18.9 Å². The lowest BCUT2D eigenvalue weighted by molar-refractivity contribution is 0.334. The molecule has 0 aromatic carbocycles. The monoisotopic (exact) mass is 168 g/mol. The first-order valence-electron chi connectivity index (χ1n) is 4.07. The summed E-state index contributed by atoms with van der Waals surface area (Å²) in [4.78, 5) is 6.88. The highest BCUT2D eigenvalue weighted by atomic mass is 16.5. The molecule has 66 valence electrons. The van der Waals surface area contributed by atoms with Crippen molar-refractivity contribution in [1.82, 2.24) is 0 Å². The maximum Gasteiger partial charge on any atom is 0.183 e. The van der Waals surface area contributed by atoms with Crippen LogP contribution in [0.5, 0.6) is 0 Å². The summed E-state index contributed by atoms with van der Waals surface area (Å²) in [7, 11) is 0. The van der Waals surface area contributed by atoms with Gasteiger partial charge < -0.3 is 4.74 Å². The Labute approximate surface area is 71.1 Å². The zero-order chi connectivity index (χ0) is 8.81. The second-order valence-corrected chi connectivity index (χ2v) is 2.60. The van der Waals surface area contributed by atoms with Crippen molar-refractivity contribution in [2.24, 2.45) is 10.1 Å². The molecule has 5 nitrogen and oxygen atoms in total. The predicted molar refractivity (Wildman–Crippen MR) is 46.1 cm³/mol. The number of hydrogen-bond acceptors (Lipinski definition) is 3. The molecule has 0 saturated heterocycles. The molecule has 0 saturated carbocycles. The van der Waals surface area contributed by atoms with Gasteiger partial charge in [0.15, 0.2) is 5.90 Å². The SMILES string of the molecule is CCC(CC1=NCCO1)N=[N+]=[N-].